The van der Waals surface area contributed by atoms with E-state index in [0.717, 1.165) is 0 Å². The molecule has 0 saturated carbocycles. The number of rotatable bonds is 3. The van der Waals surface area contributed by atoms with Gasteiger partial charge in [-0.1, -0.05) is 9.77 Å². The van der Waals surface area contributed by atoms with Crippen LogP contribution in [0.4, 0.5) is 32.1 Å². The SMILES string of the molecule is CC(C)ON(F)c1c(F)c(F)c(F)c(F)c1F. The first kappa shape index (κ1) is 13.6. The second-order valence-corrected chi connectivity index (χ2v) is 3.32. The van der Waals surface area contributed by atoms with Crippen molar-refractivity contribution >= 4 is 5.69 Å². The molecule has 96 valence electrons. The number of hydrogen-bond donors (Lipinski definition) is 0. The first-order valence-corrected chi connectivity index (χ1v) is 4.41. The highest BCUT2D eigenvalue weighted by Crippen LogP contribution is 2.30. The van der Waals surface area contributed by atoms with E-state index < -0.39 is 46.2 Å². The average molecular weight is 259 g/mol. The topological polar surface area (TPSA) is 12.5 Å². The van der Waals surface area contributed by atoms with E-state index in [2.05, 4.69) is 4.84 Å². The summed E-state index contributed by atoms with van der Waals surface area (Å²) in [5.41, 5.74) is -1.78. The molecule has 0 heterocycles. The molecule has 17 heavy (non-hydrogen) atoms. The molecular formula is C9H7F6NO. The molecule has 0 fully saturated rings. The van der Waals surface area contributed by atoms with Gasteiger partial charge in [0.1, 0.15) is 0 Å². The van der Waals surface area contributed by atoms with Crippen LogP contribution >= 0.6 is 0 Å². The van der Waals surface area contributed by atoms with Crippen LogP contribution in [0.5, 0.6) is 0 Å². The van der Waals surface area contributed by atoms with Crippen LogP contribution in [-0.4, -0.2) is 6.10 Å². The van der Waals surface area contributed by atoms with Gasteiger partial charge in [0.25, 0.3) is 0 Å². The Hall–Kier alpha value is -1.44. The van der Waals surface area contributed by atoms with E-state index in [-0.39, 0.29) is 0 Å². The summed E-state index contributed by atoms with van der Waals surface area (Å²) in [5, 5.41) is -0.985. The fraction of sp³-hybridized carbons (Fsp3) is 0.333. The van der Waals surface area contributed by atoms with Crippen LogP contribution in [-0.2, 0) is 4.84 Å². The molecule has 0 aliphatic heterocycles. The highest BCUT2D eigenvalue weighted by Gasteiger charge is 2.30. The number of benzene rings is 1. The Balaban J connectivity index is 3.33. The first-order chi connectivity index (χ1) is 7.77. The maximum Gasteiger partial charge on any atom is 0.200 e. The van der Waals surface area contributed by atoms with Crippen molar-refractivity contribution < 1.29 is 31.3 Å². The van der Waals surface area contributed by atoms with E-state index in [9.17, 15) is 26.4 Å². The number of hydrogen-bond acceptors (Lipinski definition) is 2. The summed E-state index contributed by atoms with van der Waals surface area (Å²) in [6.07, 6.45) is -0.852. The molecule has 1 aromatic carbocycles. The summed E-state index contributed by atoms with van der Waals surface area (Å²) in [5.74, 6) is -11.4. The van der Waals surface area contributed by atoms with Crippen LogP contribution in [0, 0.1) is 29.1 Å². The Morgan fingerprint density at radius 1 is 0.824 bits per heavy atom. The molecule has 0 amide bonds. The van der Waals surface area contributed by atoms with Gasteiger partial charge in [0.15, 0.2) is 29.0 Å². The minimum atomic E-state index is -2.36. The van der Waals surface area contributed by atoms with Crippen molar-refractivity contribution in [1.29, 1.82) is 0 Å². The minimum Gasteiger partial charge on any atom is -0.242 e. The lowest BCUT2D eigenvalue weighted by molar-refractivity contribution is -0.0226. The van der Waals surface area contributed by atoms with Crippen molar-refractivity contribution in [2.24, 2.45) is 0 Å². The Morgan fingerprint density at radius 3 is 1.53 bits per heavy atom. The summed E-state index contributed by atoms with van der Waals surface area (Å²) >= 11 is 0. The zero-order chi connectivity index (χ0) is 13.3. The predicted molar refractivity (Wildman–Crippen MR) is 46.0 cm³/mol. The summed E-state index contributed by atoms with van der Waals surface area (Å²) in [6.45, 7) is 2.61. The Morgan fingerprint density at radius 2 is 1.18 bits per heavy atom. The van der Waals surface area contributed by atoms with Crippen LogP contribution < -0.4 is 5.29 Å². The predicted octanol–water partition coefficient (Wildman–Crippen LogP) is 3.41. The van der Waals surface area contributed by atoms with E-state index >= 15 is 0 Å². The highest BCUT2D eigenvalue weighted by atomic mass is 19.2. The molecule has 0 aromatic heterocycles. The van der Waals surface area contributed by atoms with E-state index in [1.165, 1.54) is 13.8 Å². The Kier molecular flexibility index (Phi) is 3.87. The molecule has 8 heteroatoms. The molecule has 2 nitrogen and oxygen atoms in total. The molecule has 1 rings (SSSR count). The van der Waals surface area contributed by atoms with Crippen LogP contribution in [0.1, 0.15) is 13.8 Å². The van der Waals surface area contributed by atoms with Crippen molar-refractivity contribution in [1.82, 2.24) is 0 Å². The van der Waals surface area contributed by atoms with Gasteiger partial charge in [-0.15, -0.1) is 0 Å². The monoisotopic (exact) mass is 259 g/mol. The van der Waals surface area contributed by atoms with Crippen LogP contribution in [0.2, 0.25) is 0 Å². The third kappa shape index (κ3) is 2.46. The molecule has 0 bridgehead atoms. The van der Waals surface area contributed by atoms with E-state index in [4.69, 9.17) is 0 Å². The van der Waals surface area contributed by atoms with Gasteiger partial charge < -0.3 is 0 Å². The standard InChI is InChI=1S/C9H7F6NO/c1-3(2)17-16(15)9-7(13)5(11)4(10)6(12)8(9)14/h3H,1-2H3. The van der Waals surface area contributed by atoms with Gasteiger partial charge in [-0.05, 0) is 13.8 Å². The van der Waals surface area contributed by atoms with Gasteiger partial charge in [0, 0.05) is 0 Å². The van der Waals surface area contributed by atoms with Crippen LogP contribution in [0.15, 0.2) is 0 Å². The van der Waals surface area contributed by atoms with Crippen LogP contribution in [0.3, 0.4) is 0 Å². The van der Waals surface area contributed by atoms with Gasteiger partial charge in [-0.2, -0.15) is 0 Å². The summed E-state index contributed by atoms with van der Waals surface area (Å²) < 4.78 is 77.1. The molecule has 0 atom stereocenters. The van der Waals surface area contributed by atoms with Gasteiger partial charge in [-0.3, -0.25) is 0 Å². The maximum absolute atomic E-state index is 13.1. The van der Waals surface area contributed by atoms with Gasteiger partial charge in [0.05, 0.1) is 6.10 Å². The van der Waals surface area contributed by atoms with Crippen molar-refractivity contribution in [2.75, 3.05) is 5.29 Å². The van der Waals surface area contributed by atoms with Crippen molar-refractivity contribution in [3.63, 3.8) is 0 Å². The largest absolute Gasteiger partial charge is 0.242 e. The van der Waals surface area contributed by atoms with Gasteiger partial charge in [0.2, 0.25) is 5.82 Å². The Labute approximate surface area is 92.3 Å². The van der Waals surface area contributed by atoms with E-state index in [0.29, 0.717) is 0 Å². The molecule has 1 aromatic rings. The summed E-state index contributed by atoms with van der Waals surface area (Å²) in [4.78, 5) is 4.18. The Bertz CT molecular complexity index is 407. The second kappa shape index (κ2) is 4.82. The summed E-state index contributed by atoms with van der Waals surface area (Å²) in [6, 6.07) is 0. The van der Waals surface area contributed by atoms with E-state index in [1.807, 2.05) is 0 Å². The van der Waals surface area contributed by atoms with Crippen LogP contribution in [0.25, 0.3) is 0 Å². The summed E-state index contributed by atoms with van der Waals surface area (Å²) in [7, 11) is 0. The van der Waals surface area contributed by atoms with E-state index in [1.54, 1.807) is 0 Å². The molecule has 0 spiro atoms. The molecule has 0 N–H and O–H groups in total. The lowest BCUT2D eigenvalue weighted by atomic mass is 10.2. The lowest BCUT2D eigenvalue weighted by Crippen LogP contribution is -2.22. The molecule has 0 radical (unpaired) electrons. The molecule has 0 unspecified atom stereocenters. The molecule has 0 aliphatic rings. The fourth-order valence-corrected chi connectivity index (χ4v) is 0.985. The molecule has 0 aliphatic carbocycles. The second-order valence-electron chi connectivity index (χ2n) is 3.32. The number of anilines is 1. The first-order valence-electron chi connectivity index (χ1n) is 4.41. The van der Waals surface area contributed by atoms with Gasteiger partial charge in [-0.25, -0.2) is 26.8 Å². The van der Waals surface area contributed by atoms with Crippen molar-refractivity contribution in [3.8, 4) is 0 Å². The lowest BCUT2D eigenvalue weighted by Gasteiger charge is -2.17. The smallest absolute Gasteiger partial charge is 0.200 e. The zero-order valence-corrected chi connectivity index (χ0v) is 8.70. The normalized spacial score (nSPS) is 11.1. The molecule has 0 saturated heterocycles. The highest BCUT2D eigenvalue weighted by molar-refractivity contribution is 5.46. The minimum absolute atomic E-state index is 0.852. The zero-order valence-electron chi connectivity index (χ0n) is 8.70. The number of nitrogens with zero attached hydrogens (tertiary/aromatic N) is 1. The quantitative estimate of drug-likeness (QED) is 0.271. The third-order valence-electron chi connectivity index (χ3n) is 1.67. The fourth-order valence-electron chi connectivity index (χ4n) is 0.985. The van der Waals surface area contributed by atoms with Crippen molar-refractivity contribution in [2.45, 2.75) is 20.0 Å². The molecular weight excluding hydrogens is 252 g/mol. The van der Waals surface area contributed by atoms with Gasteiger partial charge >= 0.3 is 0 Å². The van der Waals surface area contributed by atoms with Crippen molar-refractivity contribution in [3.05, 3.63) is 29.1 Å². The number of halogens is 6. The average Bonchev–Trinajstić information content (AvgIpc) is 2.23. The third-order valence-corrected chi connectivity index (χ3v) is 1.67. The maximum atomic E-state index is 13.1.